The van der Waals surface area contributed by atoms with E-state index in [-0.39, 0.29) is 5.91 Å². The summed E-state index contributed by atoms with van der Waals surface area (Å²) in [5.41, 5.74) is 0. The molecular weight excluding hydrogens is 687 g/mol. The van der Waals surface area contributed by atoms with Crippen LogP contribution in [0.3, 0.4) is 0 Å². The minimum absolute atomic E-state index is 0.174. The second kappa shape index (κ2) is 42.0. The maximum atomic E-state index is 12.9. The van der Waals surface area contributed by atoms with Crippen LogP contribution in [0.15, 0.2) is 0 Å². The van der Waals surface area contributed by atoms with Crippen LogP contribution in [-0.2, 0) is 23.9 Å². The van der Waals surface area contributed by atoms with E-state index in [1.165, 1.54) is 200 Å². The van der Waals surface area contributed by atoms with Crippen LogP contribution in [0.4, 0.5) is 0 Å². The first-order valence-corrected chi connectivity index (χ1v) is 24.1. The summed E-state index contributed by atoms with van der Waals surface area (Å²) in [5.74, 6) is -1.17. The number of carbonyl (C=O) groups excluding carboxylic acids is 3. The van der Waals surface area contributed by atoms with Gasteiger partial charge in [0.25, 0.3) is 0 Å². The summed E-state index contributed by atoms with van der Waals surface area (Å²) < 4.78 is 11.2. The zero-order valence-electron chi connectivity index (χ0n) is 37.1. The van der Waals surface area contributed by atoms with Gasteiger partial charge in [0.1, 0.15) is 6.10 Å². The molecule has 1 amide bonds. The largest absolute Gasteiger partial charge is 0.459 e. The molecule has 7 heteroatoms. The molecule has 0 heterocycles. The standard InChI is InChI=1S/C48H93NO6/c1-5-7-9-11-13-15-17-19-20-21-22-23-24-25-26-27-28-29-31-33-35-37-39-41-47(53)49-45(42-50)48(55-44(4)52)46(54-43(3)51)40-38-36-34-32-30-18-16-14-12-10-8-6-2/h45-46,48,50H,5-42H2,1-4H3,(H,49,53)/t45-,46+,48-/m1/s1. The molecule has 0 aromatic carbocycles. The summed E-state index contributed by atoms with van der Waals surface area (Å²) in [6.45, 7) is 6.78. The Morgan fingerprint density at radius 2 is 0.727 bits per heavy atom. The molecule has 326 valence electrons. The van der Waals surface area contributed by atoms with Gasteiger partial charge in [0.2, 0.25) is 5.91 Å². The van der Waals surface area contributed by atoms with Gasteiger partial charge in [0.15, 0.2) is 6.10 Å². The molecule has 0 rings (SSSR count). The molecular formula is C48H93NO6. The number of aliphatic hydroxyl groups excluding tert-OH is 1. The first-order chi connectivity index (χ1) is 26.8. The van der Waals surface area contributed by atoms with Gasteiger partial charge in [-0.1, -0.05) is 226 Å². The van der Waals surface area contributed by atoms with Crippen molar-refractivity contribution in [3.8, 4) is 0 Å². The molecule has 0 fully saturated rings. The third kappa shape index (κ3) is 37.7. The Labute approximate surface area is 341 Å². The average molecular weight is 780 g/mol. The number of carbonyl (C=O) groups is 3. The Morgan fingerprint density at radius 3 is 1.02 bits per heavy atom. The van der Waals surface area contributed by atoms with Crippen molar-refractivity contribution >= 4 is 17.8 Å². The normalized spacial score (nSPS) is 13.0. The first-order valence-electron chi connectivity index (χ1n) is 24.1. The van der Waals surface area contributed by atoms with Crippen molar-refractivity contribution in [2.45, 2.75) is 284 Å². The van der Waals surface area contributed by atoms with E-state index in [1.54, 1.807) is 0 Å². The lowest BCUT2D eigenvalue weighted by atomic mass is 9.98. The molecule has 0 bridgehead atoms. The van der Waals surface area contributed by atoms with Crippen molar-refractivity contribution in [1.29, 1.82) is 0 Å². The third-order valence-electron chi connectivity index (χ3n) is 11.3. The summed E-state index contributed by atoms with van der Waals surface area (Å²) in [5, 5.41) is 13.1. The smallest absolute Gasteiger partial charge is 0.303 e. The van der Waals surface area contributed by atoms with Crippen LogP contribution in [0.2, 0.25) is 0 Å². The van der Waals surface area contributed by atoms with Crippen molar-refractivity contribution in [3.05, 3.63) is 0 Å². The molecule has 0 aromatic heterocycles. The van der Waals surface area contributed by atoms with E-state index in [9.17, 15) is 19.5 Å². The highest BCUT2D eigenvalue weighted by molar-refractivity contribution is 5.76. The highest BCUT2D eigenvalue weighted by Gasteiger charge is 2.35. The zero-order chi connectivity index (χ0) is 40.5. The van der Waals surface area contributed by atoms with Gasteiger partial charge in [-0.15, -0.1) is 0 Å². The Morgan fingerprint density at radius 1 is 0.436 bits per heavy atom. The molecule has 0 unspecified atom stereocenters. The van der Waals surface area contributed by atoms with E-state index in [0.29, 0.717) is 12.8 Å². The number of hydrogen-bond donors (Lipinski definition) is 2. The number of hydrogen-bond acceptors (Lipinski definition) is 6. The molecule has 0 aliphatic carbocycles. The van der Waals surface area contributed by atoms with E-state index in [0.717, 1.165) is 38.5 Å². The second-order valence-corrected chi connectivity index (χ2v) is 16.8. The molecule has 0 radical (unpaired) electrons. The number of aliphatic hydroxyl groups is 1. The molecule has 2 N–H and O–H groups in total. The summed E-state index contributed by atoms with van der Waals surface area (Å²) in [6, 6.07) is -0.831. The number of unbranched alkanes of at least 4 members (excludes halogenated alkanes) is 33. The summed E-state index contributed by atoms with van der Waals surface area (Å²) in [4.78, 5) is 36.9. The first kappa shape index (κ1) is 53.4. The Balaban J connectivity index is 4.09. The van der Waals surface area contributed by atoms with Gasteiger partial charge >= 0.3 is 11.9 Å². The minimum Gasteiger partial charge on any atom is -0.459 e. The molecule has 0 saturated heterocycles. The van der Waals surface area contributed by atoms with Gasteiger partial charge < -0.3 is 19.9 Å². The summed E-state index contributed by atoms with van der Waals surface area (Å²) in [6.07, 6.45) is 44.5. The lowest BCUT2D eigenvalue weighted by molar-refractivity contribution is -0.170. The maximum Gasteiger partial charge on any atom is 0.303 e. The Kier molecular flexibility index (Phi) is 40.7. The zero-order valence-corrected chi connectivity index (χ0v) is 37.1. The van der Waals surface area contributed by atoms with Gasteiger partial charge in [0, 0.05) is 20.3 Å². The number of rotatable bonds is 43. The fraction of sp³-hybridized carbons (Fsp3) is 0.938. The summed E-state index contributed by atoms with van der Waals surface area (Å²) >= 11 is 0. The average Bonchev–Trinajstić information content (AvgIpc) is 3.16. The molecule has 7 nitrogen and oxygen atoms in total. The Hall–Kier alpha value is -1.63. The van der Waals surface area contributed by atoms with E-state index in [2.05, 4.69) is 19.2 Å². The van der Waals surface area contributed by atoms with Crippen LogP contribution in [-0.4, -0.2) is 47.8 Å². The Bertz CT molecular complexity index is 850. The lowest BCUT2D eigenvalue weighted by Gasteiger charge is -2.32. The number of ether oxygens (including phenoxy) is 2. The lowest BCUT2D eigenvalue weighted by Crippen LogP contribution is -2.53. The van der Waals surface area contributed by atoms with E-state index < -0.39 is 36.8 Å². The van der Waals surface area contributed by atoms with Crippen LogP contribution >= 0.6 is 0 Å². The predicted octanol–water partition coefficient (Wildman–Crippen LogP) is 13.8. The van der Waals surface area contributed by atoms with Crippen molar-refractivity contribution in [1.82, 2.24) is 5.32 Å². The number of nitrogens with one attached hydrogen (secondary N) is 1. The fourth-order valence-corrected chi connectivity index (χ4v) is 7.88. The van der Waals surface area contributed by atoms with Gasteiger partial charge in [-0.3, -0.25) is 14.4 Å². The van der Waals surface area contributed by atoms with E-state index in [4.69, 9.17) is 9.47 Å². The van der Waals surface area contributed by atoms with Gasteiger partial charge in [-0.05, 0) is 19.3 Å². The van der Waals surface area contributed by atoms with E-state index >= 15 is 0 Å². The molecule has 0 aliphatic rings. The number of esters is 2. The van der Waals surface area contributed by atoms with Gasteiger partial charge in [0.05, 0.1) is 12.6 Å². The minimum atomic E-state index is -0.933. The van der Waals surface area contributed by atoms with E-state index in [1.807, 2.05) is 0 Å². The number of amides is 1. The SMILES string of the molecule is CCCCCCCCCCCCCCCCCCCCCCCCCC(=O)N[C@H](CO)[C@@H](OC(C)=O)[C@H](CCCCCCCCCCCCCC)OC(C)=O. The second-order valence-electron chi connectivity index (χ2n) is 16.8. The van der Waals surface area contributed by atoms with Gasteiger partial charge in [-0.2, -0.15) is 0 Å². The van der Waals surface area contributed by atoms with Crippen molar-refractivity contribution in [3.63, 3.8) is 0 Å². The topological polar surface area (TPSA) is 102 Å². The van der Waals surface area contributed by atoms with Crippen molar-refractivity contribution in [2.75, 3.05) is 6.61 Å². The van der Waals surface area contributed by atoms with Crippen molar-refractivity contribution in [2.24, 2.45) is 0 Å². The molecule has 55 heavy (non-hydrogen) atoms. The van der Waals surface area contributed by atoms with Gasteiger partial charge in [-0.25, -0.2) is 0 Å². The quantitative estimate of drug-likeness (QED) is 0.0472. The van der Waals surface area contributed by atoms with Crippen LogP contribution in [0, 0.1) is 0 Å². The molecule has 3 atom stereocenters. The van der Waals surface area contributed by atoms with Crippen molar-refractivity contribution < 1.29 is 29.0 Å². The molecule has 0 saturated carbocycles. The fourth-order valence-electron chi connectivity index (χ4n) is 7.88. The monoisotopic (exact) mass is 780 g/mol. The predicted molar refractivity (Wildman–Crippen MR) is 232 cm³/mol. The van der Waals surface area contributed by atoms with Crippen LogP contribution in [0.25, 0.3) is 0 Å². The highest BCUT2D eigenvalue weighted by atomic mass is 16.6. The van der Waals surface area contributed by atoms with Crippen LogP contribution in [0.1, 0.15) is 265 Å². The molecule has 0 aliphatic heterocycles. The van der Waals surface area contributed by atoms with Crippen LogP contribution < -0.4 is 5.32 Å². The highest BCUT2D eigenvalue weighted by Crippen LogP contribution is 2.20. The molecule has 0 aromatic rings. The summed E-state index contributed by atoms with van der Waals surface area (Å²) in [7, 11) is 0. The third-order valence-corrected chi connectivity index (χ3v) is 11.3. The maximum absolute atomic E-state index is 12.9. The van der Waals surface area contributed by atoms with Crippen LogP contribution in [0.5, 0.6) is 0 Å². The molecule has 0 spiro atoms.